The second-order valence-electron chi connectivity index (χ2n) is 11.4. The van der Waals surface area contributed by atoms with Gasteiger partial charge in [-0.3, -0.25) is 0 Å². The van der Waals surface area contributed by atoms with Crippen LogP contribution in [0.15, 0.2) is 12.1 Å². The number of hydrogen-bond acceptors (Lipinski definition) is 14. The summed E-state index contributed by atoms with van der Waals surface area (Å²) in [6, 6.07) is 3.24. The molecule has 14 heteroatoms. The first kappa shape index (κ1) is 37.5. The van der Waals surface area contributed by atoms with Gasteiger partial charge in [0.15, 0.2) is 23.0 Å². The smallest absolute Gasteiger partial charge is 0.345 e. The molecule has 270 valence electrons. The summed E-state index contributed by atoms with van der Waals surface area (Å²) in [4.78, 5) is 27.2. The Balaban J connectivity index is 2.56. The Kier molecular flexibility index (Phi) is 11.3. The Labute approximate surface area is 288 Å². The molecule has 4 N–H and O–H groups in total. The van der Waals surface area contributed by atoms with Gasteiger partial charge in [-0.15, -0.1) is 0 Å². The van der Waals surface area contributed by atoms with E-state index in [-0.39, 0.29) is 91.1 Å². The molecule has 0 aliphatic heterocycles. The van der Waals surface area contributed by atoms with Crippen molar-refractivity contribution in [3.8, 4) is 57.1 Å². The molecule has 2 atom stereocenters. The average molecular weight is 699 g/mol. The van der Waals surface area contributed by atoms with Gasteiger partial charge in [0.2, 0.25) is 0 Å². The highest BCUT2D eigenvalue weighted by atomic mass is 16.5. The van der Waals surface area contributed by atoms with Crippen LogP contribution in [0.1, 0.15) is 45.7 Å². The molecule has 4 aromatic carbocycles. The maximum absolute atomic E-state index is 13.6. The Morgan fingerprint density at radius 1 is 0.540 bits per heavy atom. The molecular weight excluding hydrogens is 656 g/mol. The number of aliphatic hydroxyl groups is 2. The van der Waals surface area contributed by atoms with Crippen molar-refractivity contribution < 1.29 is 67.9 Å². The normalized spacial score (nSPS) is 12.3. The van der Waals surface area contributed by atoms with Crippen LogP contribution in [-0.2, 0) is 22.3 Å². The second kappa shape index (κ2) is 15.0. The van der Waals surface area contributed by atoms with Gasteiger partial charge in [0.05, 0.1) is 79.9 Å². The van der Waals surface area contributed by atoms with E-state index in [2.05, 4.69) is 0 Å². The monoisotopic (exact) mass is 698 g/mol. The third-order valence-corrected chi connectivity index (χ3v) is 8.30. The maximum Gasteiger partial charge on any atom is 0.345 e. The van der Waals surface area contributed by atoms with Crippen molar-refractivity contribution >= 4 is 33.5 Å². The Morgan fingerprint density at radius 2 is 0.840 bits per heavy atom. The summed E-state index contributed by atoms with van der Waals surface area (Å²) < 4.78 is 44.8. The first-order valence-electron chi connectivity index (χ1n) is 15.4. The van der Waals surface area contributed by atoms with E-state index in [0.29, 0.717) is 11.1 Å². The van der Waals surface area contributed by atoms with E-state index in [1.807, 2.05) is 0 Å². The summed E-state index contributed by atoms with van der Waals surface area (Å²) >= 11 is 0. The van der Waals surface area contributed by atoms with Crippen LogP contribution in [0, 0.1) is 0 Å². The van der Waals surface area contributed by atoms with E-state index >= 15 is 0 Å². The van der Waals surface area contributed by atoms with Crippen LogP contribution in [0.4, 0.5) is 0 Å². The van der Waals surface area contributed by atoms with E-state index in [1.165, 1.54) is 42.7 Å². The van der Waals surface area contributed by atoms with Crippen LogP contribution in [0.25, 0.3) is 32.7 Å². The summed E-state index contributed by atoms with van der Waals surface area (Å²) in [5.74, 6) is -3.17. The Bertz CT molecular complexity index is 1820. The fourth-order valence-electron chi connectivity index (χ4n) is 6.50. The third kappa shape index (κ3) is 6.05. The quantitative estimate of drug-likeness (QED) is 0.142. The molecule has 4 rings (SSSR count). The van der Waals surface area contributed by atoms with E-state index in [0.717, 1.165) is 14.2 Å². The molecule has 0 aliphatic carbocycles. The number of phenols is 2. The van der Waals surface area contributed by atoms with Gasteiger partial charge in [0, 0.05) is 45.9 Å². The molecule has 4 aromatic rings. The lowest BCUT2D eigenvalue weighted by Gasteiger charge is -2.26. The molecule has 14 nitrogen and oxygen atoms in total. The van der Waals surface area contributed by atoms with Gasteiger partial charge in [-0.1, -0.05) is 0 Å². The summed E-state index contributed by atoms with van der Waals surface area (Å²) in [6.45, 7) is 3.12. The number of carbonyl (C=O) groups is 2. The molecule has 0 saturated heterocycles. The number of benzene rings is 4. The van der Waals surface area contributed by atoms with E-state index in [1.54, 1.807) is 26.0 Å². The van der Waals surface area contributed by atoms with Gasteiger partial charge in [0.25, 0.3) is 0 Å². The van der Waals surface area contributed by atoms with Crippen LogP contribution >= 0.6 is 0 Å². The second-order valence-corrected chi connectivity index (χ2v) is 11.4. The third-order valence-electron chi connectivity index (χ3n) is 8.30. The van der Waals surface area contributed by atoms with Gasteiger partial charge in [0.1, 0.15) is 34.1 Å². The lowest BCUT2D eigenvalue weighted by molar-refractivity contribution is 0.0584. The molecule has 0 spiro atoms. The molecule has 50 heavy (non-hydrogen) atoms. The SMILES string of the molecule is COC(=O)c1c(OC)c(-c2c(OC)c(C(=O)OC)c(OC)c3c(O)c(OC)c(CC(C)O)cc23)c2cc(CC(C)O)c(OC)c(O)c2c1OC. The number of hydrogen-bond donors (Lipinski definition) is 4. The Hall–Kier alpha value is -5.34. The fourth-order valence-corrected chi connectivity index (χ4v) is 6.50. The molecule has 0 heterocycles. The van der Waals surface area contributed by atoms with Crippen molar-refractivity contribution in [1.82, 2.24) is 0 Å². The predicted octanol–water partition coefficient (Wildman–Crippen LogP) is 4.54. The van der Waals surface area contributed by atoms with Crippen LogP contribution in [0.2, 0.25) is 0 Å². The predicted molar refractivity (Wildman–Crippen MR) is 183 cm³/mol. The summed E-state index contributed by atoms with van der Waals surface area (Å²) in [5, 5.41) is 44.9. The van der Waals surface area contributed by atoms with Gasteiger partial charge in [-0.25, -0.2) is 9.59 Å². The number of esters is 2. The average Bonchev–Trinajstić information content (AvgIpc) is 3.08. The van der Waals surface area contributed by atoms with Crippen LogP contribution in [0.3, 0.4) is 0 Å². The van der Waals surface area contributed by atoms with Crippen molar-refractivity contribution in [2.45, 2.75) is 38.9 Å². The minimum atomic E-state index is -0.905. The summed E-state index contributed by atoms with van der Waals surface area (Å²) in [7, 11) is 10.2. The van der Waals surface area contributed by atoms with Crippen molar-refractivity contribution in [2.75, 3.05) is 56.9 Å². The zero-order chi connectivity index (χ0) is 37.2. The molecule has 0 aromatic heterocycles. The van der Waals surface area contributed by atoms with E-state index < -0.39 is 35.6 Å². The van der Waals surface area contributed by atoms with Gasteiger partial charge in [-0.05, 0) is 26.0 Å². The molecule has 2 unspecified atom stereocenters. The van der Waals surface area contributed by atoms with Crippen molar-refractivity contribution in [3.63, 3.8) is 0 Å². The summed E-state index contributed by atoms with van der Waals surface area (Å²) in [5.41, 5.74) is 0.411. The van der Waals surface area contributed by atoms with Crippen molar-refractivity contribution in [2.24, 2.45) is 0 Å². The lowest BCUT2D eigenvalue weighted by atomic mass is 9.85. The largest absolute Gasteiger partial charge is 0.504 e. The number of rotatable bonds is 13. The first-order valence-corrected chi connectivity index (χ1v) is 15.4. The number of aromatic hydroxyl groups is 2. The highest BCUT2D eigenvalue weighted by molar-refractivity contribution is 6.22. The number of fused-ring (bicyclic) bond motifs is 2. The molecule has 0 radical (unpaired) electrons. The highest BCUT2D eigenvalue weighted by Gasteiger charge is 2.37. The maximum atomic E-state index is 13.6. The van der Waals surface area contributed by atoms with E-state index in [4.69, 9.17) is 37.9 Å². The molecule has 0 amide bonds. The molecule has 0 bridgehead atoms. The summed E-state index contributed by atoms with van der Waals surface area (Å²) in [6.07, 6.45) is -1.70. The van der Waals surface area contributed by atoms with Crippen LogP contribution in [-0.4, -0.2) is 101 Å². The zero-order valence-corrected chi connectivity index (χ0v) is 29.6. The molecule has 0 aliphatic rings. The number of phenolic OH excluding ortho intramolecular Hbond substituents is 2. The van der Waals surface area contributed by atoms with Crippen LogP contribution in [0.5, 0.6) is 46.0 Å². The topological polar surface area (TPSA) is 189 Å². The number of carbonyl (C=O) groups excluding carboxylic acids is 2. The van der Waals surface area contributed by atoms with Crippen LogP contribution < -0.4 is 28.4 Å². The molecule has 0 saturated carbocycles. The first-order chi connectivity index (χ1) is 23.8. The number of methoxy groups -OCH3 is 8. The molecular formula is C36H42O14. The lowest BCUT2D eigenvalue weighted by Crippen LogP contribution is -2.12. The van der Waals surface area contributed by atoms with Gasteiger partial charge < -0.3 is 58.3 Å². The fraction of sp³-hybridized carbons (Fsp3) is 0.389. The minimum absolute atomic E-state index is 0.00652. The number of aliphatic hydroxyl groups excluding tert-OH is 2. The highest BCUT2D eigenvalue weighted by Crippen LogP contribution is 2.58. The van der Waals surface area contributed by atoms with E-state index in [9.17, 15) is 30.0 Å². The molecule has 0 fully saturated rings. The van der Waals surface area contributed by atoms with Gasteiger partial charge >= 0.3 is 11.9 Å². The van der Waals surface area contributed by atoms with Crippen molar-refractivity contribution in [1.29, 1.82) is 0 Å². The number of ether oxygens (including phenoxy) is 8. The Morgan fingerprint density at radius 3 is 1.08 bits per heavy atom. The standard InChI is InChI=1S/C36H42O14/c1-15(37)11-17-13-19-21(31(45-5)25(35(41)49-9)33(47-7)23(19)27(39)29(17)43-3)22-20-14-18(12-16(2)38)30(44-4)28(40)24(20)34(48-8)26(32(22)46-6)36(42)50-10/h13-16,37-40H,11-12H2,1-10H3. The van der Waals surface area contributed by atoms with Crippen molar-refractivity contribution in [3.05, 3.63) is 34.4 Å². The van der Waals surface area contributed by atoms with Gasteiger partial charge in [-0.2, -0.15) is 0 Å². The zero-order valence-electron chi connectivity index (χ0n) is 29.6. The minimum Gasteiger partial charge on any atom is -0.504 e.